The van der Waals surface area contributed by atoms with Crippen LogP contribution in [0.15, 0.2) is 36.5 Å². The molecule has 0 fully saturated rings. The first-order valence-corrected chi connectivity index (χ1v) is 26.8. The summed E-state index contributed by atoms with van der Waals surface area (Å²) in [5.41, 5.74) is 0. The van der Waals surface area contributed by atoms with Gasteiger partial charge in [0.2, 0.25) is 5.91 Å². The molecule has 0 rings (SSSR count). The lowest BCUT2D eigenvalue weighted by Crippen LogP contribution is -2.45. The lowest BCUT2D eigenvalue weighted by atomic mass is 10.0. The van der Waals surface area contributed by atoms with Gasteiger partial charge in [-0.05, 0) is 57.8 Å². The molecule has 0 aliphatic heterocycles. The van der Waals surface area contributed by atoms with Crippen LogP contribution >= 0.6 is 0 Å². The van der Waals surface area contributed by atoms with Crippen LogP contribution in [0.5, 0.6) is 0 Å². The fraction of sp³-hybridized carbons (Fsp3) is 0.855. The zero-order chi connectivity index (χ0) is 44.4. The monoisotopic (exact) mass is 858 g/mol. The molecule has 1 amide bonds. The van der Waals surface area contributed by atoms with E-state index in [2.05, 4.69) is 43.5 Å². The van der Waals surface area contributed by atoms with Crippen LogP contribution in [0.2, 0.25) is 0 Å². The van der Waals surface area contributed by atoms with Crippen LogP contribution in [-0.2, 0) is 14.3 Å². The highest BCUT2D eigenvalue weighted by Gasteiger charge is 2.18. The van der Waals surface area contributed by atoms with Crippen molar-refractivity contribution < 1.29 is 24.5 Å². The van der Waals surface area contributed by atoms with Crippen molar-refractivity contribution in [3.05, 3.63) is 36.5 Å². The molecule has 0 saturated carbocycles. The first-order chi connectivity index (χ1) is 30.0. The van der Waals surface area contributed by atoms with Crippen LogP contribution in [0.3, 0.4) is 0 Å². The molecule has 358 valence electrons. The summed E-state index contributed by atoms with van der Waals surface area (Å²) in [6.07, 6.45) is 61.4. The molecule has 0 aromatic carbocycles. The molecule has 0 aromatic rings. The van der Waals surface area contributed by atoms with E-state index in [0.29, 0.717) is 19.4 Å². The van der Waals surface area contributed by atoms with E-state index < -0.39 is 12.1 Å². The SMILES string of the molecule is CCC/C=C\C/C=C\CCCCCCCC(=O)OCCCCCCCCCCCCCCCCC(=O)NC(CO)C(O)/C=C/CCCCCCCCCCCCCCCCC. The van der Waals surface area contributed by atoms with Gasteiger partial charge < -0.3 is 20.3 Å². The quantitative estimate of drug-likeness (QED) is 0.0322. The smallest absolute Gasteiger partial charge is 0.305 e. The Balaban J connectivity index is 3.49. The summed E-state index contributed by atoms with van der Waals surface area (Å²) >= 11 is 0. The molecule has 6 nitrogen and oxygen atoms in total. The molecule has 0 aromatic heterocycles. The van der Waals surface area contributed by atoms with Gasteiger partial charge in [-0.1, -0.05) is 243 Å². The lowest BCUT2D eigenvalue weighted by molar-refractivity contribution is -0.143. The molecule has 6 heteroatoms. The minimum atomic E-state index is -0.852. The standard InChI is InChI=1S/C55H103NO5/c1-3-5-7-9-11-13-15-17-18-19-20-24-27-31-35-39-43-47-53(58)52(51-57)56-54(59)48-44-40-36-32-28-25-21-22-26-30-34-38-42-46-50-61-55(60)49-45-41-37-33-29-23-16-14-12-10-8-6-4-2/h8,10,14,16,43,47,52-53,57-58H,3-7,9,11-13,15,17-42,44-46,48-51H2,1-2H3,(H,56,59)/b10-8-,16-14-,47-43+. The molecule has 61 heavy (non-hydrogen) atoms. The van der Waals surface area contributed by atoms with E-state index in [1.807, 2.05) is 6.08 Å². The third-order valence-electron chi connectivity index (χ3n) is 12.1. The maximum Gasteiger partial charge on any atom is 0.305 e. The fourth-order valence-electron chi connectivity index (χ4n) is 8.02. The average molecular weight is 858 g/mol. The second kappa shape index (κ2) is 50.7. The topological polar surface area (TPSA) is 95.9 Å². The summed E-state index contributed by atoms with van der Waals surface area (Å²) in [5.74, 6) is -0.0976. The van der Waals surface area contributed by atoms with Crippen LogP contribution in [0.1, 0.15) is 277 Å². The Morgan fingerprint density at radius 1 is 0.459 bits per heavy atom. The van der Waals surface area contributed by atoms with Gasteiger partial charge in [-0.15, -0.1) is 0 Å². The van der Waals surface area contributed by atoms with Gasteiger partial charge in [0.25, 0.3) is 0 Å². The molecule has 0 radical (unpaired) electrons. The molecule has 0 aliphatic carbocycles. The number of allylic oxidation sites excluding steroid dienone is 5. The number of aliphatic hydroxyl groups is 2. The van der Waals surface area contributed by atoms with Crippen molar-refractivity contribution in [1.29, 1.82) is 0 Å². The van der Waals surface area contributed by atoms with E-state index in [0.717, 1.165) is 70.6 Å². The number of esters is 1. The Labute approximate surface area is 379 Å². The number of unbranched alkanes of at least 4 members (excludes halogenated alkanes) is 34. The molecule has 0 bridgehead atoms. The summed E-state index contributed by atoms with van der Waals surface area (Å²) in [5, 5.41) is 23.1. The number of carbonyl (C=O) groups is 2. The molecule has 2 unspecified atom stereocenters. The van der Waals surface area contributed by atoms with Crippen molar-refractivity contribution in [2.45, 2.75) is 289 Å². The highest BCUT2D eigenvalue weighted by Crippen LogP contribution is 2.16. The zero-order valence-electron chi connectivity index (χ0n) is 40.6. The van der Waals surface area contributed by atoms with Crippen LogP contribution in [-0.4, -0.2) is 47.4 Å². The minimum absolute atomic E-state index is 0.0191. The van der Waals surface area contributed by atoms with E-state index in [-0.39, 0.29) is 18.5 Å². The third kappa shape index (κ3) is 47.4. The number of carbonyl (C=O) groups excluding carboxylic acids is 2. The van der Waals surface area contributed by atoms with Gasteiger partial charge in [-0.2, -0.15) is 0 Å². The summed E-state index contributed by atoms with van der Waals surface area (Å²) < 4.78 is 5.45. The van der Waals surface area contributed by atoms with Gasteiger partial charge in [0.15, 0.2) is 0 Å². The van der Waals surface area contributed by atoms with Crippen molar-refractivity contribution in [2.24, 2.45) is 0 Å². The lowest BCUT2D eigenvalue weighted by Gasteiger charge is -2.20. The highest BCUT2D eigenvalue weighted by molar-refractivity contribution is 5.76. The Hall–Kier alpha value is -1.92. The van der Waals surface area contributed by atoms with E-state index in [1.54, 1.807) is 6.08 Å². The van der Waals surface area contributed by atoms with E-state index >= 15 is 0 Å². The average Bonchev–Trinajstić information content (AvgIpc) is 3.26. The summed E-state index contributed by atoms with van der Waals surface area (Å²) in [6.45, 7) is 4.81. The number of nitrogens with one attached hydrogen (secondary N) is 1. The van der Waals surface area contributed by atoms with E-state index in [1.165, 1.54) is 180 Å². The molecular weight excluding hydrogens is 755 g/mol. The third-order valence-corrected chi connectivity index (χ3v) is 12.1. The van der Waals surface area contributed by atoms with Crippen molar-refractivity contribution in [3.8, 4) is 0 Å². The second-order valence-corrected chi connectivity index (χ2v) is 18.2. The van der Waals surface area contributed by atoms with Gasteiger partial charge in [0, 0.05) is 12.8 Å². The summed E-state index contributed by atoms with van der Waals surface area (Å²) in [4.78, 5) is 24.5. The molecule has 0 spiro atoms. The number of hydrogen-bond donors (Lipinski definition) is 3. The summed E-state index contributed by atoms with van der Waals surface area (Å²) in [7, 11) is 0. The van der Waals surface area contributed by atoms with Crippen LogP contribution in [0, 0.1) is 0 Å². The molecule has 3 N–H and O–H groups in total. The predicted octanol–water partition coefficient (Wildman–Crippen LogP) is 16.1. The number of amides is 1. The number of rotatable bonds is 49. The largest absolute Gasteiger partial charge is 0.466 e. The van der Waals surface area contributed by atoms with Crippen molar-refractivity contribution in [2.75, 3.05) is 13.2 Å². The molecular formula is C55H103NO5. The van der Waals surface area contributed by atoms with Crippen LogP contribution in [0.25, 0.3) is 0 Å². The fourth-order valence-corrected chi connectivity index (χ4v) is 8.02. The molecule has 0 saturated heterocycles. The Kier molecular flexibility index (Phi) is 49.1. The Morgan fingerprint density at radius 3 is 1.31 bits per heavy atom. The molecule has 2 atom stereocenters. The first kappa shape index (κ1) is 59.1. The van der Waals surface area contributed by atoms with E-state index in [9.17, 15) is 19.8 Å². The van der Waals surface area contributed by atoms with Crippen molar-refractivity contribution in [1.82, 2.24) is 5.32 Å². The second-order valence-electron chi connectivity index (χ2n) is 18.2. The number of aliphatic hydroxyl groups excluding tert-OH is 2. The maximum absolute atomic E-state index is 12.4. The molecule has 0 aliphatic rings. The van der Waals surface area contributed by atoms with Gasteiger partial charge in [-0.3, -0.25) is 9.59 Å². The highest BCUT2D eigenvalue weighted by atomic mass is 16.5. The number of ether oxygens (including phenoxy) is 1. The normalized spacial score (nSPS) is 12.9. The van der Waals surface area contributed by atoms with Gasteiger partial charge in [0.1, 0.15) is 0 Å². The minimum Gasteiger partial charge on any atom is -0.466 e. The summed E-state index contributed by atoms with van der Waals surface area (Å²) in [6, 6.07) is -0.637. The van der Waals surface area contributed by atoms with Gasteiger partial charge in [-0.25, -0.2) is 0 Å². The number of hydrogen-bond acceptors (Lipinski definition) is 5. The Morgan fingerprint density at radius 2 is 0.852 bits per heavy atom. The van der Waals surface area contributed by atoms with Crippen molar-refractivity contribution >= 4 is 11.9 Å². The predicted molar refractivity (Wildman–Crippen MR) is 264 cm³/mol. The van der Waals surface area contributed by atoms with Gasteiger partial charge >= 0.3 is 5.97 Å². The maximum atomic E-state index is 12.4. The van der Waals surface area contributed by atoms with Crippen LogP contribution < -0.4 is 5.32 Å². The zero-order valence-corrected chi connectivity index (χ0v) is 40.6. The van der Waals surface area contributed by atoms with E-state index in [4.69, 9.17) is 4.74 Å². The van der Waals surface area contributed by atoms with Crippen LogP contribution in [0.4, 0.5) is 0 Å². The van der Waals surface area contributed by atoms with Crippen molar-refractivity contribution in [3.63, 3.8) is 0 Å². The first-order valence-electron chi connectivity index (χ1n) is 26.8. The van der Waals surface area contributed by atoms with Gasteiger partial charge in [0.05, 0.1) is 25.4 Å². The Bertz CT molecular complexity index is 993. The molecule has 0 heterocycles.